The molecule has 30 heavy (non-hydrogen) atoms. The van der Waals surface area contributed by atoms with Crippen molar-refractivity contribution in [3.8, 4) is 64.5 Å². The molecule has 0 saturated carbocycles. The molecule has 1 heterocycles. The van der Waals surface area contributed by atoms with Gasteiger partial charge in [0, 0.05) is 108 Å². The number of benzene rings is 1. The first-order valence-corrected chi connectivity index (χ1v) is 12.2. The molecule has 0 saturated heterocycles. The lowest BCUT2D eigenvalue weighted by atomic mass is 9.87. The molecule has 0 bridgehead atoms. The van der Waals surface area contributed by atoms with Gasteiger partial charge in [-0.1, -0.05) is 41.6 Å². The Bertz CT molecular complexity index is 1010. The highest BCUT2D eigenvalue weighted by Crippen LogP contribution is 2.27. The maximum absolute atomic E-state index is 3.78. The van der Waals surface area contributed by atoms with E-state index in [1.807, 2.05) is 18.2 Å². The van der Waals surface area contributed by atoms with Crippen molar-refractivity contribution in [1.29, 1.82) is 0 Å². The zero-order valence-corrected chi connectivity index (χ0v) is 24.1. The molecule has 0 fully saturated rings. The van der Waals surface area contributed by atoms with Gasteiger partial charge in [0.2, 0.25) is 0 Å². The van der Waals surface area contributed by atoms with Gasteiger partial charge in [0.05, 0.1) is 33.4 Å². The van der Waals surface area contributed by atoms with Crippen LogP contribution in [0.1, 0.15) is 33.4 Å². The normalized spacial score (nSPS) is 7.40. The van der Waals surface area contributed by atoms with E-state index >= 15 is 0 Å². The van der Waals surface area contributed by atoms with Gasteiger partial charge in [-0.3, -0.25) is 4.98 Å². The second-order valence-electron chi connectivity index (χ2n) is 4.59. The fourth-order valence-corrected chi connectivity index (χ4v) is 3.29. The first-order valence-electron chi connectivity index (χ1n) is 7.48. The summed E-state index contributed by atoms with van der Waals surface area (Å²) in [5.41, 5.74) is 3.67. The van der Waals surface area contributed by atoms with Crippen molar-refractivity contribution < 1.29 is 0 Å². The molecule has 1 aromatic carbocycles. The zero-order valence-electron chi connectivity index (χ0n) is 14.6. The molecule has 0 spiro atoms. The summed E-state index contributed by atoms with van der Waals surface area (Å²) in [6.07, 6.45) is 3.50. The predicted molar refractivity (Wildman–Crippen MR) is 146 cm³/mol. The van der Waals surface area contributed by atoms with Gasteiger partial charge in [0.25, 0.3) is 0 Å². The van der Waals surface area contributed by atoms with Crippen molar-refractivity contribution in [2.75, 3.05) is 0 Å². The van der Waals surface area contributed by atoms with Gasteiger partial charge in [-0.25, -0.2) is 0 Å². The molecule has 144 valence electrons. The highest BCUT2D eigenvalue weighted by molar-refractivity contribution is 9.13. The fraction of sp³-hybridized carbons (Fsp3) is 0. The standard InChI is InChI=1S/C18Br6.C5H5N/c19-7-1-13-14(2-8-20)16(4-10-22)18(6-12-24)17(5-11-23)15(13)3-9-21;1-2-4-6-5-3-1/h;1-5H. The number of hydrogen-bond donors (Lipinski definition) is 0. The number of aromatic nitrogens is 1. The minimum absolute atomic E-state index is 0.612. The highest BCUT2D eigenvalue weighted by atomic mass is 79.9. The second kappa shape index (κ2) is 16.3. The molecule has 7 heteroatoms. The minimum atomic E-state index is 0.612. The Morgan fingerprint density at radius 3 is 0.733 bits per heavy atom. The molecule has 0 atom stereocenters. The van der Waals surface area contributed by atoms with Gasteiger partial charge in [0.1, 0.15) is 0 Å². The molecule has 0 aliphatic carbocycles. The minimum Gasteiger partial charge on any atom is -0.265 e. The summed E-state index contributed by atoms with van der Waals surface area (Å²) in [5.74, 6) is 17.9. The van der Waals surface area contributed by atoms with Crippen LogP contribution in [0, 0.1) is 64.5 Å². The summed E-state index contributed by atoms with van der Waals surface area (Å²) in [6.45, 7) is 0. The molecule has 0 amide bonds. The van der Waals surface area contributed by atoms with Crippen LogP contribution in [0.3, 0.4) is 0 Å². The monoisotopic (exact) mass is 769 g/mol. The van der Waals surface area contributed by atoms with E-state index in [0.29, 0.717) is 33.4 Å². The largest absolute Gasteiger partial charge is 0.265 e. The number of hydrogen-bond acceptors (Lipinski definition) is 1. The number of nitrogens with zero attached hydrogens (tertiary/aromatic N) is 1. The number of rotatable bonds is 0. The molecule has 0 aliphatic heterocycles. The maximum Gasteiger partial charge on any atom is 0.0594 e. The van der Waals surface area contributed by atoms with Gasteiger partial charge >= 0.3 is 0 Å². The Labute approximate surface area is 226 Å². The molecule has 0 radical (unpaired) electrons. The van der Waals surface area contributed by atoms with Crippen LogP contribution in [0.2, 0.25) is 0 Å². The molecule has 1 aromatic heterocycles. The fourth-order valence-electron chi connectivity index (χ4n) is 2.10. The van der Waals surface area contributed by atoms with Crippen molar-refractivity contribution in [3.63, 3.8) is 0 Å². The first-order chi connectivity index (χ1) is 14.7. The summed E-state index contributed by atoms with van der Waals surface area (Å²) in [4.78, 5) is 20.0. The van der Waals surface area contributed by atoms with Crippen LogP contribution in [0.25, 0.3) is 0 Å². The third-order valence-electron chi connectivity index (χ3n) is 3.10. The highest BCUT2D eigenvalue weighted by Gasteiger charge is 2.19. The summed E-state index contributed by atoms with van der Waals surface area (Å²) in [6, 6.07) is 5.72. The predicted octanol–water partition coefficient (Wildman–Crippen LogP) is 6.99. The molecule has 0 aliphatic rings. The number of pyridine rings is 1. The lowest BCUT2D eigenvalue weighted by molar-refractivity contribution is 1.33. The van der Waals surface area contributed by atoms with E-state index in [0.717, 1.165) is 0 Å². The molecular formula is C23H5Br6N. The summed E-state index contributed by atoms with van der Waals surface area (Å²) in [7, 11) is 0. The van der Waals surface area contributed by atoms with Crippen LogP contribution in [0.15, 0.2) is 30.6 Å². The summed E-state index contributed by atoms with van der Waals surface area (Å²) in [5, 5.41) is 0. The van der Waals surface area contributed by atoms with Crippen molar-refractivity contribution >= 4 is 95.6 Å². The average molecular weight is 775 g/mol. The quantitative estimate of drug-likeness (QED) is 0.263. The third kappa shape index (κ3) is 8.03. The Morgan fingerprint density at radius 1 is 0.400 bits per heavy atom. The van der Waals surface area contributed by atoms with Gasteiger partial charge in [-0.15, -0.1) is 0 Å². The Balaban J connectivity index is 0.000000637. The van der Waals surface area contributed by atoms with Crippen LogP contribution in [-0.4, -0.2) is 4.98 Å². The van der Waals surface area contributed by atoms with Crippen LogP contribution in [0.4, 0.5) is 0 Å². The van der Waals surface area contributed by atoms with Crippen molar-refractivity contribution in [2.45, 2.75) is 0 Å². The molecular weight excluding hydrogens is 770 g/mol. The van der Waals surface area contributed by atoms with Gasteiger partial charge < -0.3 is 0 Å². The van der Waals surface area contributed by atoms with Crippen LogP contribution < -0.4 is 0 Å². The SMILES string of the molecule is BrC#Cc1c(C#CBr)c(C#CBr)c(C#CBr)c(C#CBr)c1C#CBr.c1ccncc1. The zero-order chi connectivity index (χ0) is 22.2. The first kappa shape index (κ1) is 26.6. The van der Waals surface area contributed by atoms with Gasteiger partial charge in [-0.2, -0.15) is 0 Å². The lowest BCUT2D eigenvalue weighted by Crippen LogP contribution is -2.04. The van der Waals surface area contributed by atoms with Gasteiger partial charge in [-0.05, 0) is 41.1 Å². The second-order valence-corrected chi connectivity index (χ2v) is 6.97. The molecule has 0 unspecified atom stereocenters. The third-order valence-corrected chi connectivity index (χ3v) is 4.29. The van der Waals surface area contributed by atoms with Crippen molar-refractivity contribution in [2.24, 2.45) is 0 Å². The van der Waals surface area contributed by atoms with Gasteiger partial charge in [0.15, 0.2) is 0 Å². The van der Waals surface area contributed by atoms with Crippen LogP contribution in [0.5, 0.6) is 0 Å². The molecule has 2 rings (SSSR count). The van der Waals surface area contributed by atoms with E-state index in [1.165, 1.54) is 0 Å². The molecule has 2 aromatic rings. The average Bonchev–Trinajstić information content (AvgIpc) is 2.77. The Hall–Kier alpha value is -1.39. The number of halogens is 6. The Morgan fingerprint density at radius 2 is 0.633 bits per heavy atom. The lowest BCUT2D eigenvalue weighted by Gasteiger charge is -2.11. The molecule has 1 nitrogen and oxygen atoms in total. The topological polar surface area (TPSA) is 12.9 Å². The Kier molecular flexibility index (Phi) is 14.5. The van der Waals surface area contributed by atoms with E-state index in [4.69, 9.17) is 0 Å². The maximum atomic E-state index is 3.78. The van der Waals surface area contributed by atoms with E-state index in [9.17, 15) is 0 Å². The molecule has 0 N–H and O–H groups in total. The van der Waals surface area contributed by atoms with E-state index in [2.05, 4.69) is 165 Å². The summed E-state index contributed by atoms with van der Waals surface area (Å²) >= 11 is 18.8. The van der Waals surface area contributed by atoms with Crippen molar-refractivity contribution in [3.05, 3.63) is 64.0 Å². The van der Waals surface area contributed by atoms with E-state index in [-0.39, 0.29) is 0 Å². The summed E-state index contributed by atoms with van der Waals surface area (Å²) < 4.78 is 0. The van der Waals surface area contributed by atoms with Crippen LogP contribution >= 0.6 is 95.6 Å². The van der Waals surface area contributed by atoms with Crippen molar-refractivity contribution in [1.82, 2.24) is 4.98 Å². The smallest absolute Gasteiger partial charge is 0.0594 e. The van der Waals surface area contributed by atoms with E-state index in [1.54, 1.807) is 12.4 Å². The van der Waals surface area contributed by atoms with Crippen LogP contribution in [-0.2, 0) is 0 Å². The van der Waals surface area contributed by atoms with E-state index < -0.39 is 0 Å².